The van der Waals surface area contributed by atoms with Crippen molar-refractivity contribution in [2.45, 2.75) is 13.2 Å². The van der Waals surface area contributed by atoms with Crippen LogP contribution in [0, 0.1) is 0 Å². The van der Waals surface area contributed by atoms with Crippen LogP contribution in [0.25, 0.3) is 10.6 Å². The first kappa shape index (κ1) is 21.4. The molecule has 31 heavy (non-hydrogen) atoms. The standard InChI is InChI=1S/C23H18Cl2N2O3S/c1-27(12-18-3-2-10-29-18)23(28)21-14-31-22(26-21)19-9-8-17(11-20(19)25)30-13-15-4-6-16(24)7-5-15/h2-11,14H,12-13H2,1H3. The number of carbonyl (C=O) groups excluding carboxylic acids is 1. The molecule has 0 unspecified atom stereocenters. The van der Waals surface area contributed by atoms with Crippen LogP contribution in [-0.2, 0) is 13.2 Å². The number of amides is 1. The Morgan fingerprint density at radius 1 is 1.16 bits per heavy atom. The first-order chi connectivity index (χ1) is 15.0. The van der Waals surface area contributed by atoms with Gasteiger partial charge in [0.25, 0.3) is 5.91 Å². The molecule has 4 aromatic rings. The quantitative estimate of drug-likeness (QED) is 0.305. The predicted octanol–water partition coefficient (Wildman–Crippen LogP) is 6.56. The third-order valence-electron chi connectivity index (χ3n) is 4.53. The third-order valence-corrected chi connectivity index (χ3v) is 5.97. The van der Waals surface area contributed by atoms with Gasteiger partial charge in [-0.15, -0.1) is 11.3 Å². The number of ether oxygens (including phenoxy) is 1. The summed E-state index contributed by atoms with van der Waals surface area (Å²) in [6.07, 6.45) is 1.58. The normalized spacial score (nSPS) is 10.8. The third kappa shape index (κ3) is 5.28. The molecular formula is C23H18Cl2N2O3S. The lowest BCUT2D eigenvalue weighted by molar-refractivity contribution is 0.0770. The first-order valence-corrected chi connectivity index (χ1v) is 11.0. The number of rotatable bonds is 7. The Labute approximate surface area is 193 Å². The van der Waals surface area contributed by atoms with Gasteiger partial charge in [0.1, 0.15) is 28.8 Å². The van der Waals surface area contributed by atoms with Crippen molar-refractivity contribution in [2.24, 2.45) is 0 Å². The monoisotopic (exact) mass is 472 g/mol. The summed E-state index contributed by atoms with van der Waals surface area (Å²) < 4.78 is 11.1. The van der Waals surface area contributed by atoms with Gasteiger partial charge in [-0.1, -0.05) is 35.3 Å². The molecule has 0 aliphatic heterocycles. The highest BCUT2D eigenvalue weighted by atomic mass is 35.5. The molecular weight excluding hydrogens is 455 g/mol. The zero-order chi connectivity index (χ0) is 21.8. The van der Waals surface area contributed by atoms with E-state index in [2.05, 4.69) is 4.98 Å². The number of carbonyl (C=O) groups is 1. The number of aromatic nitrogens is 1. The van der Waals surface area contributed by atoms with E-state index in [4.69, 9.17) is 32.4 Å². The highest BCUT2D eigenvalue weighted by Gasteiger charge is 2.18. The van der Waals surface area contributed by atoms with E-state index in [0.717, 1.165) is 11.1 Å². The fourth-order valence-corrected chi connectivity index (χ4v) is 4.18. The Morgan fingerprint density at radius 3 is 2.68 bits per heavy atom. The lowest BCUT2D eigenvalue weighted by Crippen LogP contribution is -2.26. The summed E-state index contributed by atoms with van der Waals surface area (Å²) in [5.41, 5.74) is 2.12. The molecule has 0 spiro atoms. The number of furan rings is 1. The fraction of sp³-hybridized carbons (Fsp3) is 0.130. The molecule has 2 aromatic carbocycles. The molecule has 0 saturated carbocycles. The fourth-order valence-electron chi connectivity index (χ4n) is 2.91. The van der Waals surface area contributed by atoms with Crippen LogP contribution in [-0.4, -0.2) is 22.8 Å². The second-order valence-corrected chi connectivity index (χ2v) is 8.54. The van der Waals surface area contributed by atoms with Crippen LogP contribution in [0.2, 0.25) is 10.0 Å². The Hall–Kier alpha value is -2.80. The Kier molecular flexibility index (Phi) is 6.61. The van der Waals surface area contributed by atoms with Gasteiger partial charge in [0.2, 0.25) is 0 Å². The number of nitrogens with zero attached hydrogens (tertiary/aromatic N) is 2. The SMILES string of the molecule is CN(Cc1ccco1)C(=O)c1csc(-c2ccc(OCc3ccc(Cl)cc3)cc2Cl)n1. The Bertz CT molecular complexity index is 1170. The second kappa shape index (κ2) is 9.56. The molecule has 0 bridgehead atoms. The summed E-state index contributed by atoms with van der Waals surface area (Å²) >= 11 is 13.7. The van der Waals surface area contributed by atoms with Crippen molar-refractivity contribution in [3.05, 3.63) is 93.3 Å². The maximum Gasteiger partial charge on any atom is 0.273 e. The summed E-state index contributed by atoms with van der Waals surface area (Å²) in [4.78, 5) is 18.7. The van der Waals surface area contributed by atoms with Gasteiger partial charge in [0.15, 0.2) is 0 Å². The minimum Gasteiger partial charge on any atom is -0.489 e. The molecule has 2 aromatic heterocycles. The molecule has 0 aliphatic rings. The highest BCUT2D eigenvalue weighted by Crippen LogP contribution is 2.33. The molecule has 0 fully saturated rings. The number of hydrogen-bond acceptors (Lipinski definition) is 5. The minimum absolute atomic E-state index is 0.182. The van der Waals surface area contributed by atoms with E-state index in [1.807, 2.05) is 42.5 Å². The minimum atomic E-state index is -0.182. The second-order valence-electron chi connectivity index (χ2n) is 6.84. The van der Waals surface area contributed by atoms with Crippen LogP contribution in [0.15, 0.2) is 70.7 Å². The van der Waals surface area contributed by atoms with Crippen LogP contribution in [0.4, 0.5) is 0 Å². The maximum atomic E-state index is 12.7. The van der Waals surface area contributed by atoms with E-state index >= 15 is 0 Å². The van der Waals surface area contributed by atoms with Crippen molar-refractivity contribution >= 4 is 40.4 Å². The molecule has 0 aliphatic carbocycles. The molecule has 4 rings (SSSR count). The molecule has 1 amide bonds. The largest absolute Gasteiger partial charge is 0.489 e. The topological polar surface area (TPSA) is 55.6 Å². The van der Waals surface area contributed by atoms with Gasteiger partial charge in [-0.3, -0.25) is 4.79 Å². The molecule has 158 valence electrons. The summed E-state index contributed by atoms with van der Waals surface area (Å²) in [5, 5.41) is 3.59. The molecule has 0 N–H and O–H groups in total. The Morgan fingerprint density at radius 2 is 1.97 bits per heavy atom. The lowest BCUT2D eigenvalue weighted by Gasteiger charge is -2.13. The summed E-state index contributed by atoms with van der Waals surface area (Å²) in [6, 6.07) is 16.5. The number of thiazole rings is 1. The van der Waals surface area contributed by atoms with Gasteiger partial charge in [-0.2, -0.15) is 0 Å². The van der Waals surface area contributed by atoms with Crippen LogP contribution in [0.5, 0.6) is 5.75 Å². The van der Waals surface area contributed by atoms with Crippen molar-refractivity contribution in [3.8, 4) is 16.3 Å². The first-order valence-electron chi connectivity index (χ1n) is 9.40. The van der Waals surface area contributed by atoms with Gasteiger partial charge in [0.05, 0.1) is 17.8 Å². The molecule has 2 heterocycles. The van der Waals surface area contributed by atoms with Gasteiger partial charge >= 0.3 is 0 Å². The van der Waals surface area contributed by atoms with Gasteiger partial charge in [0, 0.05) is 23.0 Å². The predicted molar refractivity (Wildman–Crippen MR) is 123 cm³/mol. The summed E-state index contributed by atoms with van der Waals surface area (Å²) in [5.74, 6) is 1.18. The number of hydrogen-bond donors (Lipinski definition) is 0. The number of benzene rings is 2. The van der Waals surface area contributed by atoms with Crippen molar-refractivity contribution in [3.63, 3.8) is 0 Å². The average molecular weight is 473 g/mol. The number of halogens is 2. The van der Waals surface area contributed by atoms with Crippen LogP contribution in [0.1, 0.15) is 21.8 Å². The van der Waals surface area contributed by atoms with E-state index in [-0.39, 0.29) is 5.91 Å². The lowest BCUT2D eigenvalue weighted by atomic mass is 10.2. The van der Waals surface area contributed by atoms with Crippen LogP contribution < -0.4 is 4.74 Å². The Balaban J connectivity index is 1.43. The zero-order valence-corrected chi connectivity index (χ0v) is 18.9. The van der Waals surface area contributed by atoms with Gasteiger partial charge in [-0.05, 0) is 48.0 Å². The summed E-state index contributed by atoms with van der Waals surface area (Å²) in [7, 11) is 1.71. The summed E-state index contributed by atoms with van der Waals surface area (Å²) in [6.45, 7) is 0.782. The van der Waals surface area contributed by atoms with Crippen LogP contribution >= 0.6 is 34.5 Å². The molecule has 8 heteroatoms. The molecule has 5 nitrogen and oxygen atoms in total. The van der Waals surface area contributed by atoms with E-state index in [1.54, 1.807) is 35.7 Å². The van der Waals surface area contributed by atoms with E-state index < -0.39 is 0 Å². The van der Waals surface area contributed by atoms with Crippen molar-refractivity contribution < 1.29 is 13.9 Å². The zero-order valence-electron chi connectivity index (χ0n) is 16.5. The van der Waals surface area contributed by atoms with Gasteiger partial charge < -0.3 is 14.1 Å². The molecule has 0 saturated heterocycles. The average Bonchev–Trinajstić information content (AvgIpc) is 3.45. The van der Waals surface area contributed by atoms with Crippen LogP contribution in [0.3, 0.4) is 0 Å². The molecule has 0 radical (unpaired) electrons. The van der Waals surface area contributed by atoms with E-state index in [1.165, 1.54) is 11.3 Å². The van der Waals surface area contributed by atoms with Gasteiger partial charge in [-0.25, -0.2) is 4.98 Å². The van der Waals surface area contributed by atoms with Crippen molar-refractivity contribution in [2.75, 3.05) is 7.05 Å². The molecule has 0 atom stereocenters. The van der Waals surface area contributed by atoms with Crippen molar-refractivity contribution in [1.82, 2.24) is 9.88 Å². The van der Waals surface area contributed by atoms with E-state index in [0.29, 0.717) is 45.4 Å². The van der Waals surface area contributed by atoms with E-state index in [9.17, 15) is 4.79 Å². The highest BCUT2D eigenvalue weighted by molar-refractivity contribution is 7.13. The van der Waals surface area contributed by atoms with Crippen molar-refractivity contribution in [1.29, 1.82) is 0 Å². The maximum absolute atomic E-state index is 12.7. The smallest absolute Gasteiger partial charge is 0.273 e.